The maximum atomic E-state index is 13.6. The molecular formula is C14H14FN3O2. The van der Waals surface area contributed by atoms with E-state index >= 15 is 0 Å². The third kappa shape index (κ3) is 3.03. The number of nitrogens with two attached hydrogens (primary N) is 1. The van der Waals surface area contributed by atoms with Gasteiger partial charge in [0, 0.05) is 18.8 Å². The molecule has 0 spiro atoms. The van der Waals surface area contributed by atoms with Crippen molar-refractivity contribution in [3.63, 3.8) is 0 Å². The Kier molecular flexibility index (Phi) is 4.14. The highest BCUT2D eigenvalue weighted by Crippen LogP contribution is 2.30. The van der Waals surface area contributed by atoms with Crippen LogP contribution in [0.25, 0.3) is 0 Å². The first-order valence-electron chi connectivity index (χ1n) is 6.08. The van der Waals surface area contributed by atoms with E-state index in [0.29, 0.717) is 6.54 Å². The van der Waals surface area contributed by atoms with Gasteiger partial charge in [0.2, 0.25) is 0 Å². The van der Waals surface area contributed by atoms with Crippen LogP contribution in [-0.4, -0.2) is 17.4 Å². The van der Waals surface area contributed by atoms with Crippen LogP contribution in [0.4, 0.5) is 10.1 Å². The number of pyridine rings is 1. The monoisotopic (exact) mass is 275 g/mol. The normalized spacial score (nSPS) is 10.1. The molecule has 0 unspecified atom stereocenters. The van der Waals surface area contributed by atoms with Crippen molar-refractivity contribution in [1.29, 1.82) is 0 Å². The Morgan fingerprint density at radius 3 is 2.95 bits per heavy atom. The molecule has 1 amide bonds. The number of hydrogen-bond acceptors (Lipinski definition) is 4. The van der Waals surface area contributed by atoms with Gasteiger partial charge in [0.1, 0.15) is 11.4 Å². The van der Waals surface area contributed by atoms with E-state index in [4.69, 9.17) is 10.5 Å². The molecular weight excluding hydrogens is 261 g/mol. The van der Waals surface area contributed by atoms with Gasteiger partial charge in [-0.05, 0) is 25.1 Å². The number of halogens is 1. The molecule has 1 aromatic heterocycles. The summed E-state index contributed by atoms with van der Waals surface area (Å²) in [5, 5.41) is 2.62. The fourth-order valence-corrected chi connectivity index (χ4v) is 1.60. The van der Waals surface area contributed by atoms with E-state index < -0.39 is 5.82 Å². The van der Waals surface area contributed by atoms with Crippen LogP contribution in [0, 0.1) is 5.82 Å². The molecule has 5 nitrogen and oxygen atoms in total. The Labute approximate surface area is 115 Å². The summed E-state index contributed by atoms with van der Waals surface area (Å²) < 4.78 is 19.0. The first-order valence-corrected chi connectivity index (χ1v) is 6.08. The molecule has 0 saturated carbocycles. The number of nitrogens with one attached hydrogen (secondary N) is 1. The number of amides is 1. The van der Waals surface area contributed by atoms with Crippen LogP contribution in [0.2, 0.25) is 0 Å². The van der Waals surface area contributed by atoms with Crippen LogP contribution in [0.15, 0.2) is 36.5 Å². The number of carbonyl (C=O) groups excluding carboxylic acids is 1. The highest BCUT2D eigenvalue weighted by Gasteiger charge is 2.11. The van der Waals surface area contributed by atoms with Crippen molar-refractivity contribution < 1.29 is 13.9 Å². The number of para-hydroxylation sites is 1. The van der Waals surface area contributed by atoms with Crippen LogP contribution in [-0.2, 0) is 0 Å². The van der Waals surface area contributed by atoms with Crippen LogP contribution < -0.4 is 15.8 Å². The zero-order chi connectivity index (χ0) is 14.5. The second-order valence-electron chi connectivity index (χ2n) is 4.00. The predicted octanol–water partition coefficient (Wildman–Crippen LogP) is 2.34. The van der Waals surface area contributed by atoms with Gasteiger partial charge in [0.05, 0.1) is 5.69 Å². The lowest BCUT2D eigenvalue weighted by atomic mass is 10.3. The summed E-state index contributed by atoms with van der Waals surface area (Å²) in [5.41, 5.74) is 6.03. The molecule has 0 aliphatic heterocycles. The van der Waals surface area contributed by atoms with Crippen molar-refractivity contribution in [3.8, 4) is 11.5 Å². The summed E-state index contributed by atoms with van der Waals surface area (Å²) in [4.78, 5) is 15.6. The molecule has 2 aromatic rings. The number of ether oxygens (including phenoxy) is 1. The van der Waals surface area contributed by atoms with E-state index in [0.717, 1.165) is 0 Å². The third-order valence-corrected chi connectivity index (χ3v) is 2.52. The minimum atomic E-state index is -0.568. The standard InChI is InChI=1S/C14H14FN3O2/c1-2-17-14(19)12-8-9(6-7-18-12)20-13-10(15)4-3-5-11(13)16/h3-8H,2,16H2,1H3,(H,17,19). The van der Waals surface area contributed by atoms with E-state index in [9.17, 15) is 9.18 Å². The molecule has 0 aliphatic rings. The molecule has 0 bridgehead atoms. The lowest BCUT2D eigenvalue weighted by molar-refractivity contribution is 0.0950. The second-order valence-corrected chi connectivity index (χ2v) is 4.00. The van der Waals surface area contributed by atoms with E-state index in [1.54, 1.807) is 6.92 Å². The van der Waals surface area contributed by atoms with Gasteiger partial charge >= 0.3 is 0 Å². The van der Waals surface area contributed by atoms with E-state index in [-0.39, 0.29) is 28.8 Å². The zero-order valence-corrected chi connectivity index (χ0v) is 10.9. The topological polar surface area (TPSA) is 77.2 Å². The fourth-order valence-electron chi connectivity index (χ4n) is 1.60. The zero-order valence-electron chi connectivity index (χ0n) is 10.9. The fraction of sp³-hybridized carbons (Fsp3) is 0.143. The molecule has 6 heteroatoms. The number of nitrogen functional groups attached to an aromatic ring is 1. The summed E-state index contributed by atoms with van der Waals surface area (Å²) in [5.74, 6) is -0.667. The van der Waals surface area contributed by atoms with Crippen molar-refractivity contribution in [1.82, 2.24) is 10.3 Å². The Bertz CT molecular complexity index is 611. The van der Waals surface area contributed by atoms with Gasteiger partial charge in [0.15, 0.2) is 11.6 Å². The summed E-state index contributed by atoms with van der Waals surface area (Å²) in [6.45, 7) is 2.30. The highest BCUT2D eigenvalue weighted by molar-refractivity contribution is 5.92. The number of rotatable bonds is 4. The number of benzene rings is 1. The predicted molar refractivity (Wildman–Crippen MR) is 73.1 cm³/mol. The molecule has 3 N–H and O–H groups in total. The van der Waals surface area contributed by atoms with Crippen LogP contribution in [0.3, 0.4) is 0 Å². The number of hydrogen-bond donors (Lipinski definition) is 2. The lowest BCUT2D eigenvalue weighted by Crippen LogP contribution is -2.23. The SMILES string of the molecule is CCNC(=O)c1cc(Oc2c(N)cccc2F)ccn1. The molecule has 104 valence electrons. The van der Waals surface area contributed by atoms with Crippen LogP contribution in [0.5, 0.6) is 11.5 Å². The quantitative estimate of drug-likeness (QED) is 0.840. The average molecular weight is 275 g/mol. The van der Waals surface area contributed by atoms with Gasteiger partial charge in [-0.1, -0.05) is 6.07 Å². The minimum absolute atomic E-state index is 0.0689. The van der Waals surface area contributed by atoms with Crippen molar-refractivity contribution >= 4 is 11.6 Å². The minimum Gasteiger partial charge on any atom is -0.452 e. The first kappa shape index (κ1) is 13.8. The molecule has 0 radical (unpaired) electrons. The maximum absolute atomic E-state index is 13.6. The molecule has 0 aliphatic carbocycles. The Morgan fingerprint density at radius 2 is 2.25 bits per heavy atom. The molecule has 20 heavy (non-hydrogen) atoms. The lowest BCUT2D eigenvalue weighted by Gasteiger charge is -2.10. The molecule has 0 saturated heterocycles. The maximum Gasteiger partial charge on any atom is 0.270 e. The summed E-state index contributed by atoms with van der Waals surface area (Å²) in [6.07, 6.45) is 1.41. The van der Waals surface area contributed by atoms with Gasteiger partial charge in [-0.25, -0.2) is 4.39 Å². The first-order chi connectivity index (χ1) is 9.61. The van der Waals surface area contributed by atoms with Crippen molar-refractivity contribution in [2.75, 3.05) is 12.3 Å². The van der Waals surface area contributed by atoms with E-state index in [2.05, 4.69) is 10.3 Å². The van der Waals surface area contributed by atoms with Gasteiger partial charge in [-0.3, -0.25) is 9.78 Å². The molecule has 0 atom stereocenters. The number of carbonyl (C=O) groups is 1. The van der Waals surface area contributed by atoms with Gasteiger partial charge in [0.25, 0.3) is 5.91 Å². The number of anilines is 1. The van der Waals surface area contributed by atoms with Crippen molar-refractivity contribution in [2.24, 2.45) is 0 Å². The molecule has 1 aromatic carbocycles. The van der Waals surface area contributed by atoms with Gasteiger partial charge < -0.3 is 15.8 Å². The summed E-state index contributed by atoms with van der Waals surface area (Å²) in [7, 11) is 0. The smallest absolute Gasteiger partial charge is 0.270 e. The van der Waals surface area contributed by atoms with Crippen LogP contribution >= 0.6 is 0 Å². The summed E-state index contributed by atoms with van der Waals surface area (Å²) in [6, 6.07) is 7.22. The highest BCUT2D eigenvalue weighted by atomic mass is 19.1. The third-order valence-electron chi connectivity index (χ3n) is 2.52. The Hall–Kier alpha value is -2.63. The number of aromatic nitrogens is 1. The van der Waals surface area contributed by atoms with Crippen LogP contribution in [0.1, 0.15) is 17.4 Å². The Morgan fingerprint density at radius 1 is 1.45 bits per heavy atom. The van der Waals surface area contributed by atoms with Gasteiger partial charge in [-0.15, -0.1) is 0 Å². The van der Waals surface area contributed by atoms with E-state index in [1.165, 1.54) is 36.5 Å². The van der Waals surface area contributed by atoms with Crippen molar-refractivity contribution in [3.05, 3.63) is 48.0 Å². The average Bonchev–Trinajstić information content (AvgIpc) is 2.44. The van der Waals surface area contributed by atoms with Crippen molar-refractivity contribution in [2.45, 2.75) is 6.92 Å². The van der Waals surface area contributed by atoms with E-state index in [1.807, 2.05) is 0 Å². The molecule has 0 fully saturated rings. The second kappa shape index (κ2) is 6.01. The largest absolute Gasteiger partial charge is 0.452 e. The summed E-state index contributed by atoms with van der Waals surface area (Å²) >= 11 is 0. The molecule has 2 rings (SSSR count). The molecule has 1 heterocycles. The van der Waals surface area contributed by atoms with Gasteiger partial charge in [-0.2, -0.15) is 0 Å². The Balaban J connectivity index is 2.26. The number of nitrogens with zero attached hydrogens (tertiary/aromatic N) is 1.